The molecule has 0 bridgehead atoms. The molecule has 0 unspecified atom stereocenters. The highest BCUT2D eigenvalue weighted by Crippen LogP contribution is 2.28. The smallest absolute Gasteiger partial charge is 0.170 e. The fourth-order valence-corrected chi connectivity index (χ4v) is 2.12. The lowest BCUT2D eigenvalue weighted by Crippen LogP contribution is -2.35. The third-order valence-corrected chi connectivity index (χ3v) is 2.87. The molecule has 0 radical (unpaired) electrons. The van der Waals surface area contributed by atoms with Crippen molar-refractivity contribution in [3.05, 3.63) is 0 Å². The minimum atomic E-state index is -0.0473. The fourth-order valence-electron chi connectivity index (χ4n) is 2.12. The Hall–Kier alpha value is -0.120. The average Bonchev–Trinajstić information content (AvgIpc) is 2.46. The minimum absolute atomic E-state index is 0.0473. The minimum Gasteiger partial charge on any atom is -0.352 e. The second-order valence-electron chi connectivity index (χ2n) is 4.99. The Bertz CT molecular complexity index is 176. The summed E-state index contributed by atoms with van der Waals surface area (Å²) in [6, 6.07) is 0. The quantitative estimate of drug-likeness (QED) is 0.633. The maximum atomic E-state index is 5.55. The van der Waals surface area contributed by atoms with Gasteiger partial charge in [-0.1, -0.05) is 13.8 Å². The summed E-state index contributed by atoms with van der Waals surface area (Å²) in [7, 11) is 0. The van der Waals surface area contributed by atoms with Gasteiger partial charge in [-0.25, -0.2) is 0 Å². The van der Waals surface area contributed by atoms with Crippen LogP contribution < -0.4 is 0 Å². The van der Waals surface area contributed by atoms with Gasteiger partial charge in [-0.3, -0.25) is 4.90 Å². The molecule has 0 aromatic heterocycles. The Labute approximate surface area is 93.7 Å². The molecule has 0 spiro atoms. The fraction of sp³-hybridized carbons (Fsp3) is 1.00. The van der Waals surface area contributed by atoms with Crippen molar-refractivity contribution in [3.8, 4) is 0 Å². The van der Waals surface area contributed by atoms with Crippen molar-refractivity contribution in [2.45, 2.75) is 40.4 Å². The van der Waals surface area contributed by atoms with E-state index in [1.165, 1.54) is 13.0 Å². The zero-order valence-corrected chi connectivity index (χ0v) is 10.6. The number of hydrogen-bond donors (Lipinski definition) is 0. The van der Waals surface area contributed by atoms with E-state index in [4.69, 9.17) is 9.47 Å². The number of likely N-dealkylation sites (tertiary alicyclic amines) is 1. The van der Waals surface area contributed by atoms with Crippen molar-refractivity contribution in [2.75, 3.05) is 32.8 Å². The first-order valence-electron chi connectivity index (χ1n) is 6.03. The van der Waals surface area contributed by atoms with Crippen LogP contribution >= 0.6 is 0 Å². The van der Waals surface area contributed by atoms with E-state index in [2.05, 4.69) is 18.7 Å². The molecule has 90 valence electrons. The SMILES string of the molecule is CCOC(CN1CCC(C)(C)C1)OCC. The van der Waals surface area contributed by atoms with Crippen LogP contribution in [0.3, 0.4) is 0 Å². The Kier molecular flexibility index (Phi) is 5.03. The van der Waals surface area contributed by atoms with Crippen LogP contribution in [0.2, 0.25) is 0 Å². The zero-order chi connectivity index (χ0) is 11.3. The standard InChI is InChI=1S/C12H25NO2/c1-5-14-11(15-6-2)9-13-8-7-12(3,4)10-13/h11H,5-10H2,1-4H3. The molecule has 3 nitrogen and oxygen atoms in total. The van der Waals surface area contributed by atoms with Crippen LogP contribution in [-0.4, -0.2) is 44.0 Å². The Morgan fingerprint density at radius 3 is 2.20 bits per heavy atom. The second-order valence-corrected chi connectivity index (χ2v) is 4.99. The Balaban J connectivity index is 2.32. The Morgan fingerprint density at radius 1 is 1.20 bits per heavy atom. The predicted molar refractivity (Wildman–Crippen MR) is 61.9 cm³/mol. The molecule has 0 aliphatic carbocycles. The molecule has 0 aromatic carbocycles. The van der Waals surface area contributed by atoms with Gasteiger partial charge < -0.3 is 9.47 Å². The van der Waals surface area contributed by atoms with Gasteiger partial charge >= 0.3 is 0 Å². The molecule has 1 aliphatic heterocycles. The molecule has 0 aromatic rings. The van der Waals surface area contributed by atoms with E-state index in [-0.39, 0.29) is 6.29 Å². The highest BCUT2D eigenvalue weighted by atomic mass is 16.7. The van der Waals surface area contributed by atoms with Crippen molar-refractivity contribution in [2.24, 2.45) is 5.41 Å². The van der Waals surface area contributed by atoms with Crippen LogP contribution in [0.15, 0.2) is 0 Å². The van der Waals surface area contributed by atoms with Crippen LogP contribution in [0.1, 0.15) is 34.1 Å². The summed E-state index contributed by atoms with van der Waals surface area (Å²) in [5.74, 6) is 0. The molecule has 0 saturated carbocycles. The van der Waals surface area contributed by atoms with E-state index in [9.17, 15) is 0 Å². The van der Waals surface area contributed by atoms with Gasteiger partial charge in [-0.05, 0) is 32.2 Å². The second kappa shape index (κ2) is 5.83. The summed E-state index contributed by atoms with van der Waals surface area (Å²) in [6.07, 6.45) is 1.23. The van der Waals surface area contributed by atoms with E-state index in [1.54, 1.807) is 0 Å². The molecule has 0 amide bonds. The highest BCUT2D eigenvalue weighted by molar-refractivity contribution is 4.82. The lowest BCUT2D eigenvalue weighted by molar-refractivity contribution is -0.145. The molecule has 1 aliphatic rings. The van der Waals surface area contributed by atoms with Gasteiger partial charge in [-0.2, -0.15) is 0 Å². The summed E-state index contributed by atoms with van der Waals surface area (Å²) < 4.78 is 11.1. The maximum absolute atomic E-state index is 5.55. The van der Waals surface area contributed by atoms with Gasteiger partial charge in [0.25, 0.3) is 0 Å². The zero-order valence-electron chi connectivity index (χ0n) is 10.6. The largest absolute Gasteiger partial charge is 0.352 e. The molecule has 3 heteroatoms. The van der Waals surface area contributed by atoms with E-state index in [0.717, 1.165) is 26.3 Å². The maximum Gasteiger partial charge on any atom is 0.170 e. The van der Waals surface area contributed by atoms with Crippen molar-refractivity contribution in [1.29, 1.82) is 0 Å². The molecule has 0 atom stereocenters. The Morgan fingerprint density at radius 2 is 1.80 bits per heavy atom. The normalized spacial score (nSPS) is 21.4. The molecule has 1 saturated heterocycles. The lowest BCUT2D eigenvalue weighted by atomic mass is 9.93. The topological polar surface area (TPSA) is 21.7 Å². The van der Waals surface area contributed by atoms with E-state index >= 15 is 0 Å². The van der Waals surface area contributed by atoms with Crippen LogP contribution in [-0.2, 0) is 9.47 Å². The van der Waals surface area contributed by atoms with Crippen molar-refractivity contribution in [3.63, 3.8) is 0 Å². The van der Waals surface area contributed by atoms with Gasteiger partial charge in [0, 0.05) is 26.3 Å². The summed E-state index contributed by atoms with van der Waals surface area (Å²) in [6.45, 7) is 13.4. The monoisotopic (exact) mass is 215 g/mol. The van der Waals surface area contributed by atoms with Gasteiger partial charge in [0.05, 0.1) is 0 Å². The predicted octanol–water partition coefficient (Wildman–Crippen LogP) is 2.12. The number of nitrogens with zero attached hydrogens (tertiary/aromatic N) is 1. The summed E-state index contributed by atoms with van der Waals surface area (Å²) in [5.41, 5.74) is 0.461. The van der Waals surface area contributed by atoms with E-state index in [1.807, 2.05) is 13.8 Å². The van der Waals surface area contributed by atoms with Crippen LogP contribution in [0.25, 0.3) is 0 Å². The molecule has 1 rings (SSSR count). The number of rotatable bonds is 6. The van der Waals surface area contributed by atoms with Gasteiger partial charge in [-0.15, -0.1) is 0 Å². The van der Waals surface area contributed by atoms with Crippen molar-refractivity contribution in [1.82, 2.24) is 4.90 Å². The van der Waals surface area contributed by atoms with E-state index < -0.39 is 0 Å². The first-order valence-corrected chi connectivity index (χ1v) is 6.03. The lowest BCUT2D eigenvalue weighted by Gasteiger charge is -2.24. The third kappa shape index (κ3) is 4.49. The summed E-state index contributed by atoms with van der Waals surface area (Å²) >= 11 is 0. The summed E-state index contributed by atoms with van der Waals surface area (Å²) in [4.78, 5) is 2.44. The summed E-state index contributed by atoms with van der Waals surface area (Å²) in [5, 5.41) is 0. The molecule has 1 heterocycles. The van der Waals surface area contributed by atoms with Crippen LogP contribution in [0, 0.1) is 5.41 Å². The highest BCUT2D eigenvalue weighted by Gasteiger charge is 2.30. The van der Waals surface area contributed by atoms with Crippen molar-refractivity contribution >= 4 is 0 Å². The van der Waals surface area contributed by atoms with Crippen molar-refractivity contribution < 1.29 is 9.47 Å². The van der Waals surface area contributed by atoms with Gasteiger partial charge in [0.1, 0.15) is 0 Å². The average molecular weight is 215 g/mol. The van der Waals surface area contributed by atoms with Crippen LogP contribution in [0.4, 0.5) is 0 Å². The first kappa shape index (κ1) is 12.9. The molecular formula is C12H25NO2. The number of ether oxygens (including phenoxy) is 2. The van der Waals surface area contributed by atoms with Gasteiger partial charge in [0.2, 0.25) is 0 Å². The number of hydrogen-bond acceptors (Lipinski definition) is 3. The molecule has 1 fully saturated rings. The molecule has 0 N–H and O–H groups in total. The molecule has 15 heavy (non-hydrogen) atoms. The van der Waals surface area contributed by atoms with Crippen LogP contribution in [0.5, 0.6) is 0 Å². The van der Waals surface area contributed by atoms with E-state index in [0.29, 0.717) is 5.41 Å². The third-order valence-electron chi connectivity index (χ3n) is 2.87. The van der Waals surface area contributed by atoms with Gasteiger partial charge in [0.15, 0.2) is 6.29 Å². The molecular weight excluding hydrogens is 190 g/mol. The first-order chi connectivity index (χ1) is 7.07.